The van der Waals surface area contributed by atoms with Crippen molar-refractivity contribution in [2.75, 3.05) is 6.54 Å². The van der Waals surface area contributed by atoms with Crippen molar-refractivity contribution in [3.63, 3.8) is 0 Å². The Hall–Kier alpha value is -1.72. The van der Waals surface area contributed by atoms with Crippen molar-refractivity contribution in [3.05, 3.63) is 86.8 Å². The maximum Gasteiger partial charge on any atom is 0.0940 e. The standard InChI is InChI=1S/C22H25NOS2/c1-17(22(24)18-7-3-2-4-8-18)23-12-6-5-9-21(19-10-13-25-15-19)20-11-14-26-16-20/h2-4,7-11,13-17,22-24H,5-6,12H2,1H3. The Balaban J connectivity index is 1.50. The van der Waals surface area contributed by atoms with Gasteiger partial charge in [0, 0.05) is 6.04 Å². The third-order valence-corrected chi connectivity index (χ3v) is 5.84. The van der Waals surface area contributed by atoms with Crippen LogP contribution in [0.15, 0.2) is 70.1 Å². The summed E-state index contributed by atoms with van der Waals surface area (Å²) >= 11 is 3.47. The normalized spacial score (nSPS) is 13.3. The molecule has 2 N–H and O–H groups in total. The van der Waals surface area contributed by atoms with Crippen LogP contribution >= 0.6 is 22.7 Å². The zero-order valence-electron chi connectivity index (χ0n) is 15.0. The molecule has 0 aliphatic carbocycles. The van der Waals surface area contributed by atoms with Gasteiger partial charge in [0.05, 0.1) is 6.10 Å². The molecule has 0 radical (unpaired) electrons. The van der Waals surface area contributed by atoms with Gasteiger partial charge in [-0.15, -0.1) is 0 Å². The molecule has 1 aromatic carbocycles. The molecular weight excluding hydrogens is 358 g/mol. The van der Waals surface area contributed by atoms with Gasteiger partial charge in [0.2, 0.25) is 0 Å². The zero-order chi connectivity index (χ0) is 18.2. The number of benzene rings is 1. The summed E-state index contributed by atoms with van der Waals surface area (Å²) in [5.74, 6) is 0. The van der Waals surface area contributed by atoms with Gasteiger partial charge in [-0.1, -0.05) is 36.4 Å². The van der Waals surface area contributed by atoms with Crippen LogP contribution < -0.4 is 5.32 Å². The quantitative estimate of drug-likeness (QED) is 0.462. The summed E-state index contributed by atoms with van der Waals surface area (Å²) in [5, 5.41) is 22.5. The first-order valence-corrected chi connectivity index (χ1v) is 10.9. The molecule has 0 aliphatic rings. The molecule has 0 saturated heterocycles. The highest BCUT2D eigenvalue weighted by Gasteiger charge is 2.14. The molecule has 0 fully saturated rings. The monoisotopic (exact) mass is 383 g/mol. The van der Waals surface area contributed by atoms with Gasteiger partial charge in [0.25, 0.3) is 0 Å². The second-order valence-corrected chi connectivity index (χ2v) is 7.94. The van der Waals surface area contributed by atoms with E-state index < -0.39 is 6.10 Å². The van der Waals surface area contributed by atoms with Gasteiger partial charge in [0.1, 0.15) is 0 Å². The zero-order valence-corrected chi connectivity index (χ0v) is 16.6. The fourth-order valence-corrected chi connectivity index (χ4v) is 4.28. The van der Waals surface area contributed by atoms with Gasteiger partial charge >= 0.3 is 0 Å². The molecule has 3 aromatic rings. The van der Waals surface area contributed by atoms with Gasteiger partial charge in [-0.2, -0.15) is 22.7 Å². The highest BCUT2D eigenvalue weighted by atomic mass is 32.1. The Morgan fingerprint density at radius 3 is 2.27 bits per heavy atom. The lowest BCUT2D eigenvalue weighted by Crippen LogP contribution is -2.32. The van der Waals surface area contributed by atoms with Crippen molar-refractivity contribution in [1.29, 1.82) is 0 Å². The SMILES string of the molecule is CC(NCCCC=C(c1ccsc1)c1ccsc1)C(O)c1ccccc1. The van der Waals surface area contributed by atoms with Crippen molar-refractivity contribution in [3.8, 4) is 0 Å². The Morgan fingerprint density at radius 2 is 1.69 bits per heavy atom. The number of rotatable bonds is 9. The molecule has 2 nitrogen and oxygen atoms in total. The number of aliphatic hydroxyl groups is 1. The molecule has 2 unspecified atom stereocenters. The summed E-state index contributed by atoms with van der Waals surface area (Å²) in [6.45, 7) is 2.93. The predicted octanol–water partition coefficient (Wildman–Crippen LogP) is 5.73. The van der Waals surface area contributed by atoms with Crippen LogP contribution in [0.1, 0.15) is 42.6 Å². The van der Waals surface area contributed by atoms with E-state index in [2.05, 4.69) is 45.0 Å². The van der Waals surface area contributed by atoms with Gasteiger partial charge < -0.3 is 10.4 Å². The van der Waals surface area contributed by atoms with Crippen molar-refractivity contribution < 1.29 is 5.11 Å². The number of unbranched alkanes of at least 4 members (excludes halogenated alkanes) is 1. The molecule has 3 rings (SSSR count). The fraction of sp³-hybridized carbons (Fsp3) is 0.273. The Bertz CT molecular complexity index is 743. The van der Waals surface area contributed by atoms with E-state index in [9.17, 15) is 5.11 Å². The van der Waals surface area contributed by atoms with Crippen molar-refractivity contribution in [2.45, 2.75) is 31.9 Å². The highest BCUT2D eigenvalue weighted by Crippen LogP contribution is 2.27. The van der Waals surface area contributed by atoms with Crippen LogP contribution in [0.5, 0.6) is 0 Å². The average molecular weight is 384 g/mol. The molecule has 26 heavy (non-hydrogen) atoms. The Labute approximate surface area is 163 Å². The number of nitrogens with one attached hydrogen (secondary N) is 1. The van der Waals surface area contributed by atoms with Crippen molar-refractivity contribution in [2.24, 2.45) is 0 Å². The minimum Gasteiger partial charge on any atom is -0.387 e. The molecule has 0 spiro atoms. The van der Waals surface area contributed by atoms with Crippen molar-refractivity contribution >= 4 is 28.2 Å². The molecule has 2 atom stereocenters. The molecule has 2 heterocycles. The van der Waals surface area contributed by atoms with Crippen LogP contribution in [0.3, 0.4) is 0 Å². The molecule has 0 saturated carbocycles. The third kappa shape index (κ3) is 5.15. The van der Waals surface area contributed by atoms with Gasteiger partial charge in [0.15, 0.2) is 0 Å². The first-order chi connectivity index (χ1) is 12.8. The number of hydrogen-bond acceptors (Lipinski definition) is 4. The topological polar surface area (TPSA) is 32.3 Å². The molecule has 136 valence electrons. The Kier molecular flexibility index (Phi) is 7.21. The number of allylic oxidation sites excluding steroid dienone is 1. The highest BCUT2D eigenvalue weighted by molar-refractivity contribution is 7.08. The van der Waals surface area contributed by atoms with E-state index in [1.165, 1.54) is 16.7 Å². The first-order valence-electron chi connectivity index (χ1n) is 8.97. The molecule has 0 aliphatic heterocycles. The summed E-state index contributed by atoms with van der Waals surface area (Å²) < 4.78 is 0. The molecule has 0 amide bonds. The second kappa shape index (κ2) is 9.83. The maximum atomic E-state index is 10.4. The van der Waals surface area contributed by atoms with E-state index in [-0.39, 0.29) is 6.04 Å². The average Bonchev–Trinajstić information content (AvgIpc) is 3.38. The minimum absolute atomic E-state index is 0.0367. The number of aliphatic hydroxyl groups excluding tert-OH is 1. The lowest BCUT2D eigenvalue weighted by atomic mass is 10.0. The van der Waals surface area contributed by atoms with Crippen molar-refractivity contribution in [1.82, 2.24) is 5.32 Å². The number of thiophene rings is 2. The largest absolute Gasteiger partial charge is 0.387 e. The maximum absolute atomic E-state index is 10.4. The third-order valence-electron chi connectivity index (χ3n) is 4.47. The van der Waals surface area contributed by atoms with E-state index in [1.54, 1.807) is 22.7 Å². The van der Waals surface area contributed by atoms with Crippen LogP contribution in [0.25, 0.3) is 5.57 Å². The Morgan fingerprint density at radius 1 is 1.04 bits per heavy atom. The second-order valence-electron chi connectivity index (χ2n) is 6.38. The van der Waals surface area contributed by atoms with Crippen LogP contribution in [-0.4, -0.2) is 17.7 Å². The summed E-state index contributed by atoms with van der Waals surface area (Å²) in [6.07, 6.45) is 3.93. The minimum atomic E-state index is -0.473. The van der Waals surface area contributed by atoms with E-state index in [1.807, 2.05) is 37.3 Å². The predicted molar refractivity (Wildman–Crippen MR) is 114 cm³/mol. The van der Waals surface area contributed by atoms with Gasteiger partial charge in [-0.3, -0.25) is 0 Å². The summed E-state index contributed by atoms with van der Waals surface area (Å²) in [4.78, 5) is 0. The number of hydrogen-bond donors (Lipinski definition) is 2. The van der Waals surface area contributed by atoms with Crippen LogP contribution in [0.2, 0.25) is 0 Å². The molecule has 0 bridgehead atoms. The lowest BCUT2D eigenvalue weighted by molar-refractivity contribution is 0.136. The first kappa shape index (κ1) is 19.1. The van der Waals surface area contributed by atoms with Crippen LogP contribution in [-0.2, 0) is 0 Å². The van der Waals surface area contributed by atoms with E-state index >= 15 is 0 Å². The van der Waals surface area contributed by atoms with Crippen LogP contribution in [0, 0.1) is 0 Å². The van der Waals surface area contributed by atoms with E-state index in [0.29, 0.717) is 0 Å². The van der Waals surface area contributed by atoms with Gasteiger partial charge in [-0.05, 0) is 82.2 Å². The van der Waals surface area contributed by atoms with E-state index in [0.717, 1.165) is 24.9 Å². The fourth-order valence-electron chi connectivity index (χ4n) is 2.97. The van der Waals surface area contributed by atoms with Crippen LogP contribution in [0.4, 0.5) is 0 Å². The summed E-state index contributed by atoms with van der Waals surface area (Å²) in [5.41, 5.74) is 4.89. The van der Waals surface area contributed by atoms with Gasteiger partial charge in [-0.25, -0.2) is 0 Å². The summed E-state index contributed by atoms with van der Waals surface area (Å²) in [7, 11) is 0. The van der Waals surface area contributed by atoms with E-state index in [4.69, 9.17) is 0 Å². The lowest BCUT2D eigenvalue weighted by Gasteiger charge is -2.20. The summed E-state index contributed by atoms with van der Waals surface area (Å²) in [6, 6.07) is 14.3. The molecule has 4 heteroatoms. The molecule has 2 aromatic heterocycles. The molecular formula is C22H25NOS2. The smallest absolute Gasteiger partial charge is 0.0940 e.